The van der Waals surface area contributed by atoms with Crippen molar-refractivity contribution in [3.8, 4) is 0 Å². The minimum absolute atomic E-state index is 0.0492. The second-order valence-electron chi connectivity index (χ2n) is 4.10. The third kappa shape index (κ3) is 2.17. The molecule has 0 aliphatic rings. The first-order chi connectivity index (χ1) is 8.40. The van der Waals surface area contributed by atoms with Gasteiger partial charge in [-0.1, -0.05) is 0 Å². The molecule has 0 aromatic carbocycles. The Labute approximate surface area is 112 Å². The van der Waals surface area contributed by atoms with Crippen molar-refractivity contribution in [1.29, 1.82) is 0 Å². The normalized spacial score (nSPS) is 10.9. The van der Waals surface area contributed by atoms with E-state index in [0.29, 0.717) is 6.67 Å². The van der Waals surface area contributed by atoms with Crippen molar-refractivity contribution >= 4 is 21.9 Å². The summed E-state index contributed by atoms with van der Waals surface area (Å²) in [5, 5.41) is 17.3. The molecule has 96 valence electrons. The van der Waals surface area contributed by atoms with Crippen LogP contribution in [-0.2, 0) is 6.67 Å². The molecule has 0 saturated heterocycles. The Morgan fingerprint density at radius 1 is 1.33 bits per heavy atom. The lowest BCUT2D eigenvalue weighted by atomic mass is 10.4. The maximum atomic E-state index is 10.8. The first-order valence-corrected chi connectivity index (χ1v) is 6.16. The van der Waals surface area contributed by atoms with E-state index in [0.717, 1.165) is 21.6 Å². The molecule has 0 bridgehead atoms. The Bertz CT molecular complexity index is 615. The molecule has 18 heavy (non-hydrogen) atoms. The molecule has 0 amide bonds. The number of halogens is 1. The van der Waals surface area contributed by atoms with Crippen molar-refractivity contribution < 1.29 is 9.90 Å². The summed E-state index contributed by atoms with van der Waals surface area (Å²) in [7, 11) is 0. The number of aryl methyl sites for hydroxylation is 2. The molecule has 2 aromatic rings. The van der Waals surface area contributed by atoms with Gasteiger partial charge in [0.25, 0.3) is 0 Å². The van der Waals surface area contributed by atoms with Gasteiger partial charge in [-0.05, 0) is 42.8 Å². The lowest BCUT2D eigenvalue weighted by molar-refractivity contribution is 0.0689. The first-order valence-electron chi connectivity index (χ1n) is 5.37. The van der Waals surface area contributed by atoms with Gasteiger partial charge < -0.3 is 5.11 Å². The molecular formula is C11H13BrN4O2. The van der Waals surface area contributed by atoms with Gasteiger partial charge in [0.2, 0.25) is 0 Å². The molecule has 2 heterocycles. The van der Waals surface area contributed by atoms with E-state index in [9.17, 15) is 4.79 Å². The van der Waals surface area contributed by atoms with Crippen LogP contribution in [0.5, 0.6) is 0 Å². The fourth-order valence-corrected chi connectivity index (χ4v) is 1.98. The Balaban J connectivity index is 2.34. The molecule has 2 rings (SSSR count). The number of hydrogen-bond acceptors (Lipinski definition) is 3. The van der Waals surface area contributed by atoms with Crippen LogP contribution in [0.2, 0.25) is 0 Å². The lowest BCUT2D eigenvalue weighted by Crippen LogP contribution is -2.14. The standard InChI is InChI=1S/C11H13BrN4O2/c1-6-4-9(11(17)18)14-15(6)5-16-8(3)10(12)7(2)13-16/h4H,5H2,1-3H3,(H,17,18). The van der Waals surface area contributed by atoms with E-state index in [1.807, 2.05) is 20.8 Å². The predicted molar refractivity (Wildman–Crippen MR) is 68.7 cm³/mol. The van der Waals surface area contributed by atoms with Crippen molar-refractivity contribution in [3.05, 3.63) is 33.3 Å². The Morgan fingerprint density at radius 2 is 2.00 bits per heavy atom. The maximum Gasteiger partial charge on any atom is 0.356 e. The van der Waals surface area contributed by atoms with Crippen molar-refractivity contribution in [3.63, 3.8) is 0 Å². The molecule has 0 atom stereocenters. The highest BCUT2D eigenvalue weighted by atomic mass is 79.9. The molecule has 2 aromatic heterocycles. The van der Waals surface area contributed by atoms with E-state index < -0.39 is 5.97 Å². The average Bonchev–Trinajstić information content (AvgIpc) is 2.77. The van der Waals surface area contributed by atoms with Crippen LogP contribution in [-0.4, -0.2) is 30.6 Å². The number of carboxylic acid groups (broad SMARTS) is 1. The van der Waals surface area contributed by atoms with Crippen LogP contribution >= 0.6 is 15.9 Å². The van der Waals surface area contributed by atoms with E-state index >= 15 is 0 Å². The molecule has 0 spiro atoms. The average molecular weight is 313 g/mol. The van der Waals surface area contributed by atoms with Crippen molar-refractivity contribution in [2.75, 3.05) is 0 Å². The van der Waals surface area contributed by atoms with Crippen LogP contribution in [0.1, 0.15) is 27.6 Å². The van der Waals surface area contributed by atoms with E-state index in [1.165, 1.54) is 0 Å². The van der Waals surface area contributed by atoms with Gasteiger partial charge in [0.1, 0.15) is 6.67 Å². The molecule has 0 radical (unpaired) electrons. The molecule has 0 aliphatic heterocycles. The Morgan fingerprint density at radius 3 is 2.44 bits per heavy atom. The van der Waals surface area contributed by atoms with E-state index in [4.69, 9.17) is 5.11 Å². The van der Waals surface area contributed by atoms with Gasteiger partial charge >= 0.3 is 5.97 Å². The van der Waals surface area contributed by atoms with E-state index in [2.05, 4.69) is 26.1 Å². The fourth-order valence-electron chi connectivity index (χ4n) is 1.70. The summed E-state index contributed by atoms with van der Waals surface area (Å²) in [6.45, 7) is 6.07. The first kappa shape index (κ1) is 12.8. The molecule has 0 aliphatic carbocycles. The highest BCUT2D eigenvalue weighted by Crippen LogP contribution is 2.19. The number of rotatable bonds is 3. The minimum atomic E-state index is -1.02. The van der Waals surface area contributed by atoms with Gasteiger partial charge in [-0.25, -0.2) is 14.2 Å². The summed E-state index contributed by atoms with van der Waals surface area (Å²) in [4.78, 5) is 10.8. The molecule has 0 unspecified atom stereocenters. The zero-order valence-electron chi connectivity index (χ0n) is 10.3. The van der Waals surface area contributed by atoms with Crippen LogP contribution < -0.4 is 0 Å². The Kier molecular flexibility index (Phi) is 3.25. The SMILES string of the molecule is Cc1nn(Cn2nc(C(=O)O)cc2C)c(C)c1Br. The summed E-state index contributed by atoms with van der Waals surface area (Å²) in [5.74, 6) is -1.02. The fraction of sp³-hybridized carbons (Fsp3) is 0.364. The summed E-state index contributed by atoms with van der Waals surface area (Å²) in [6, 6.07) is 1.54. The second-order valence-corrected chi connectivity index (χ2v) is 4.89. The maximum absolute atomic E-state index is 10.8. The third-order valence-corrected chi connectivity index (χ3v) is 3.91. The monoisotopic (exact) mass is 312 g/mol. The number of carboxylic acids is 1. The summed E-state index contributed by atoms with van der Waals surface area (Å²) >= 11 is 3.45. The minimum Gasteiger partial charge on any atom is -0.476 e. The molecule has 0 fully saturated rings. The van der Waals surface area contributed by atoms with Gasteiger partial charge in [-0.2, -0.15) is 10.2 Å². The second kappa shape index (κ2) is 4.56. The van der Waals surface area contributed by atoms with E-state index in [1.54, 1.807) is 15.4 Å². The third-order valence-electron chi connectivity index (χ3n) is 2.76. The Hall–Kier alpha value is -1.63. The van der Waals surface area contributed by atoms with Crippen LogP contribution in [0.15, 0.2) is 10.5 Å². The van der Waals surface area contributed by atoms with Crippen LogP contribution in [0, 0.1) is 20.8 Å². The highest BCUT2D eigenvalue weighted by Gasteiger charge is 2.13. The zero-order chi connectivity index (χ0) is 13.4. The topological polar surface area (TPSA) is 72.9 Å². The molecular weight excluding hydrogens is 300 g/mol. The van der Waals surface area contributed by atoms with Crippen molar-refractivity contribution in [2.24, 2.45) is 0 Å². The number of aromatic carboxylic acids is 1. The van der Waals surface area contributed by atoms with Gasteiger partial charge in [0, 0.05) is 5.69 Å². The van der Waals surface area contributed by atoms with Gasteiger partial charge in [0.05, 0.1) is 15.9 Å². The molecule has 7 heteroatoms. The summed E-state index contributed by atoms with van der Waals surface area (Å²) in [6.07, 6.45) is 0. The zero-order valence-corrected chi connectivity index (χ0v) is 11.9. The molecule has 0 saturated carbocycles. The number of aromatic nitrogens is 4. The molecule has 1 N–H and O–H groups in total. The highest BCUT2D eigenvalue weighted by molar-refractivity contribution is 9.10. The van der Waals surface area contributed by atoms with E-state index in [-0.39, 0.29) is 5.69 Å². The largest absolute Gasteiger partial charge is 0.476 e. The number of carbonyl (C=O) groups is 1. The van der Waals surface area contributed by atoms with Crippen molar-refractivity contribution in [2.45, 2.75) is 27.4 Å². The predicted octanol–water partition coefficient (Wildman–Crippen LogP) is 1.97. The molecule has 6 nitrogen and oxygen atoms in total. The quantitative estimate of drug-likeness (QED) is 0.940. The summed E-state index contributed by atoms with van der Waals surface area (Å²) < 4.78 is 4.37. The van der Waals surface area contributed by atoms with Gasteiger partial charge in [-0.15, -0.1) is 0 Å². The van der Waals surface area contributed by atoms with Crippen molar-refractivity contribution in [1.82, 2.24) is 19.6 Å². The number of nitrogens with zero attached hydrogens (tertiary/aromatic N) is 4. The van der Waals surface area contributed by atoms with Crippen LogP contribution in [0.25, 0.3) is 0 Å². The smallest absolute Gasteiger partial charge is 0.356 e. The lowest BCUT2D eigenvalue weighted by Gasteiger charge is -2.06. The van der Waals surface area contributed by atoms with Gasteiger partial charge in [-0.3, -0.25) is 0 Å². The van der Waals surface area contributed by atoms with Crippen LogP contribution in [0.3, 0.4) is 0 Å². The summed E-state index contributed by atoms with van der Waals surface area (Å²) in [5.41, 5.74) is 2.72. The number of hydrogen-bond donors (Lipinski definition) is 1. The van der Waals surface area contributed by atoms with Crippen LogP contribution in [0.4, 0.5) is 0 Å². The van der Waals surface area contributed by atoms with Gasteiger partial charge in [0.15, 0.2) is 5.69 Å².